The lowest BCUT2D eigenvalue weighted by Gasteiger charge is -2.36. The first kappa shape index (κ1) is 23.3. The highest BCUT2D eigenvalue weighted by molar-refractivity contribution is 5.95. The number of aliphatic hydroxyl groups is 1. The Labute approximate surface area is 202 Å². The number of nitrogen functional groups attached to an aromatic ring is 1. The molecule has 4 aromatic rings. The van der Waals surface area contributed by atoms with Gasteiger partial charge in [0.05, 0.1) is 36.0 Å². The SMILES string of the molecule is COc1cc(F)cc2c1nc(N)n1nc([C@@H]3C[C@H](C)CN(c4cn([C@H](C)[C@@H](C)O)nc4C)C3)nc21. The first-order chi connectivity index (χ1) is 16.7. The lowest BCUT2D eigenvalue weighted by Crippen LogP contribution is -2.39. The summed E-state index contributed by atoms with van der Waals surface area (Å²) >= 11 is 0. The third-order valence-corrected chi connectivity index (χ3v) is 6.94. The van der Waals surface area contributed by atoms with E-state index in [0.29, 0.717) is 40.6 Å². The van der Waals surface area contributed by atoms with Gasteiger partial charge < -0.3 is 20.5 Å². The maximum absolute atomic E-state index is 14.3. The molecule has 0 radical (unpaired) electrons. The van der Waals surface area contributed by atoms with Gasteiger partial charge in [-0.25, -0.2) is 14.4 Å². The highest BCUT2D eigenvalue weighted by Crippen LogP contribution is 2.35. The number of anilines is 2. The zero-order valence-corrected chi connectivity index (χ0v) is 20.6. The Balaban J connectivity index is 1.53. The summed E-state index contributed by atoms with van der Waals surface area (Å²) in [6.45, 7) is 9.50. The van der Waals surface area contributed by atoms with Crippen molar-refractivity contribution in [3.05, 3.63) is 35.7 Å². The summed E-state index contributed by atoms with van der Waals surface area (Å²) in [4.78, 5) is 11.5. The maximum Gasteiger partial charge on any atom is 0.223 e. The average Bonchev–Trinajstić information content (AvgIpc) is 3.43. The van der Waals surface area contributed by atoms with Gasteiger partial charge in [0.2, 0.25) is 5.95 Å². The quantitative estimate of drug-likeness (QED) is 0.445. The molecule has 5 rings (SSSR count). The zero-order chi connectivity index (χ0) is 25.0. The van der Waals surface area contributed by atoms with Crippen LogP contribution in [0.5, 0.6) is 5.75 Å². The second kappa shape index (κ2) is 8.63. The Hall–Kier alpha value is -3.47. The van der Waals surface area contributed by atoms with Crippen LogP contribution in [0.2, 0.25) is 0 Å². The van der Waals surface area contributed by atoms with Gasteiger partial charge >= 0.3 is 0 Å². The van der Waals surface area contributed by atoms with Crippen LogP contribution in [0.25, 0.3) is 16.6 Å². The molecule has 0 spiro atoms. The number of halogens is 1. The zero-order valence-electron chi connectivity index (χ0n) is 20.6. The van der Waals surface area contributed by atoms with Gasteiger partial charge in [0.15, 0.2) is 11.5 Å². The first-order valence-corrected chi connectivity index (χ1v) is 11.8. The minimum atomic E-state index is -0.505. The molecule has 35 heavy (non-hydrogen) atoms. The monoisotopic (exact) mass is 482 g/mol. The second-order valence-corrected chi connectivity index (χ2v) is 9.68. The summed E-state index contributed by atoms with van der Waals surface area (Å²) in [5, 5.41) is 19.8. The van der Waals surface area contributed by atoms with E-state index in [4.69, 9.17) is 15.5 Å². The number of hydrogen-bond donors (Lipinski definition) is 2. The van der Waals surface area contributed by atoms with Gasteiger partial charge in [-0.1, -0.05) is 6.92 Å². The van der Waals surface area contributed by atoms with Crippen molar-refractivity contribution >= 4 is 28.2 Å². The number of hydrogen-bond acceptors (Lipinski definition) is 8. The van der Waals surface area contributed by atoms with Gasteiger partial charge in [0.25, 0.3) is 0 Å². The minimum absolute atomic E-state index is 0.0421. The van der Waals surface area contributed by atoms with Crippen molar-refractivity contribution in [3.8, 4) is 5.75 Å². The fourth-order valence-corrected chi connectivity index (χ4v) is 4.96. The molecule has 10 nitrogen and oxygen atoms in total. The summed E-state index contributed by atoms with van der Waals surface area (Å²) in [6.07, 6.45) is 2.41. The molecule has 11 heteroatoms. The summed E-state index contributed by atoms with van der Waals surface area (Å²) in [7, 11) is 1.47. The number of rotatable bonds is 5. The van der Waals surface area contributed by atoms with Crippen LogP contribution < -0.4 is 15.4 Å². The van der Waals surface area contributed by atoms with E-state index in [-0.39, 0.29) is 17.9 Å². The molecule has 1 aliphatic rings. The van der Waals surface area contributed by atoms with E-state index in [1.54, 1.807) is 6.92 Å². The molecular formula is C24H31FN8O2. The molecular weight excluding hydrogens is 451 g/mol. The van der Waals surface area contributed by atoms with Gasteiger partial charge in [0, 0.05) is 31.3 Å². The van der Waals surface area contributed by atoms with Crippen molar-refractivity contribution in [2.45, 2.75) is 52.2 Å². The van der Waals surface area contributed by atoms with Gasteiger partial charge in [0.1, 0.15) is 17.1 Å². The Morgan fingerprint density at radius 3 is 2.69 bits per heavy atom. The molecule has 0 aliphatic carbocycles. The topological polar surface area (TPSA) is 120 Å². The largest absolute Gasteiger partial charge is 0.494 e. The third kappa shape index (κ3) is 4.03. The van der Waals surface area contributed by atoms with E-state index in [0.717, 1.165) is 24.3 Å². The molecule has 4 heterocycles. The third-order valence-electron chi connectivity index (χ3n) is 6.94. The van der Waals surface area contributed by atoms with Crippen LogP contribution >= 0.6 is 0 Å². The van der Waals surface area contributed by atoms with Crippen molar-refractivity contribution in [1.82, 2.24) is 29.4 Å². The van der Waals surface area contributed by atoms with Crippen molar-refractivity contribution < 1.29 is 14.2 Å². The predicted molar refractivity (Wildman–Crippen MR) is 131 cm³/mol. The number of methoxy groups -OCH3 is 1. The van der Waals surface area contributed by atoms with E-state index in [9.17, 15) is 9.50 Å². The van der Waals surface area contributed by atoms with E-state index >= 15 is 0 Å². The second-order valence-electron chi connectivity index (χ2n) is 9.68. The Morgan fingerprint density at radius 1 is 1.20 bits per heavy atom. The summed E-state index contributed by atoms with van der Waals surface area (Å²) in [5.74, 6) is 1.11. The molecule has 0 saturated carbocycles. The standard InChI is InChI=1S/C24H31FN8O2/c1-12-6-16(10-31(9-12)19-11-32(29-13(19)2)14(3)15(4)34)22-28-23-18-7-17(25)8-20(35-5)21(18)27-24(26)33(23)30-22/h7-8,11-12,14-16,34H,6,9-10H2,1-5H3,(H2,26,27)/t12-,14+,15+,16+/m0/s1. The number of aliphatic hydroxyl groups excluding tert-OH is 1. The van der Waals surface area contributed by atoms with E-state index < -0.39 is 11.9 Å². The van der Waals surface area contributed by atoms with E-state index in [1.807, 2.05) is 24.7 Å². The molecule has 1 saturated heterocycles. The number of nitrogens with zero attached hydrogens (tertiary/aromatic N) is 7. The van der Waals surface area contributed by atoms with Crippen LogP contribution in [-0.4, -0.2) is 60.8 Å². The molecule has 1 fully saturated rings. The summed E-state index contributed by atoms with van der Waals surface area (Å²) < 4.78 is 22.9. The van der Waals surface area contributed by atoms with Gasteiger partial charge in [-0.2, -0.15) is 9.61 Å². The van der Waals surface area contributed by atoms with Crippen LogP contribution in [0, 0.1) is 18.7 Å². The number of aromatic nitrogens is 6. The van der Waals surface area contributed by atoms with Crippen LogP contribution in [-0.2, 0) is 0 Å². The highest BCUT2D eigenvalue weighted by Gasteiger charge is 2.31. The lowest BCUT2D eigenvalue weighted by atomic mass is 9.89. The van der Waals surface area contributed by atoms with Crippen LogP contribution in [0.3, 0.4) is 0 Å². The molecule has 1 aromatic carbocycles. The average molecular weight is 483 g/mol. The Bertz CT molecular complexity index is 1400. The van der Waals surface area contributed by atoms with Gasteiger partial charge in [-0.15, -0.1) is 5.10 Å². The normalized spacial score (nSPS) is 20.5. The maximum atomic E-state index is 14.3. The molecule has 0 amide bonds. The van der Waals surface area contributed by atoms with Gasteiger partial charge in [-0.3, -0.25) is 4.68 Å². The minimum Gasteiger partial charge on any atom is -0.494 e. The van der Waals surface area contributed by atoms with Crippen LogP contribution in [0.4, 0.5) is 16.0 Å². The van der Waals surface area contributed by atoms with Crippen molar-refractivity contribution in [2.24, 2.45) is 5.92 Å². The van der Waals surface area contributed by atoms with Crippen LogP contribution in [0.1, 0.15) is 50.7 Å². The molecule has 3 N–H and O–H groups in total. The molecule has 3 aromatic heterocycles. The molecule has 4 atom stereocenters. The number of aryl methyl sites for hydroxylation is 1. The van der Waals surface area contributed by atoms with Crippen molar-refractivity contribution in [2.75, 3.05) is 30.8 Å². The first-order valence-electron chi connectivity index (χ1n) is 11.8. The summed E-state index contributed by atoms with van der Waals surface area (Å²) in [5.41, 5.74) is 9.07. The van der Waals surface area contributed by atoms with Gasteiger partial charge in [-0.05, 0) is 39.2 Å². The van der Waals surface area contributed by atoms with Crippen molar-refractivity contribution in [3.63, 3.8) is 0 Å². The summed E-state index contributed by atoms with van der Waals surface area (Å²) in [6, 6.07) is 2.54. The molecule has 0 unspecified atom stereocenters. The Morgan fingerprint density at radius 2 is 1.97 bits per heavy atom. The van der Waals surface area contributed by atoms with Crippen LogP contribution in [0.15, 0.2) is 18.3 Å². The Kier molecular flexibility index (Phi) is 5.74. The molecule has 1 aliphatic heterocycles. The van der Waals surface area contributed by atoms with E-state index in [1.165, 1.54) is 23.8 Å². The highest BCUT2D eigenvalue weighted by atomic mass is 19.1. The fourth-order valence-electron chi connectivity index (χ4n) is 4.96. The number of nitrogens with two attached hydrogens (primary N) is 1. The number of piperidine rings is 1. The fraction of sp³-hybridized carbons (Fsp3) is 0.500. The number of fused-ring (bicyclic) bond motifs is 3. The molecule has 186 valence electrons. The number of benzene rings is 1. The smallest absolute Gasteiger partial charge is 0.223 e. The molecule has 0 bridgehead atoms. The van der Waals surface area contributed by atoms with Crippen molar-refractivity contribution in [1.29, 1.82) is 0 Å². The van der Waals surface area contributed by atoms with E-state index in [2.05, 4.69) is 27.0 Å². The lowest BCUT2D eigenvalue weighted by molar-refractivity contribution is 0.132. The predicted octanol–water partition coefficient (Wildman–Crippen LogP) is 3.08. The number of ether oxygens (including phenoxy) is 1.